The molecular formula is C17H24FNO. The molecule has 1 atom stereocenters. The highest BCUT2D eigenvalue weighted by Crippen LogP contribution is 2.30. The lowest BCUT2D eigenvalue weighted by Crippen LogP contribution is -1.99. The molecule has 110 valence electrons. The van der Waals surface area contributed by atoms with Gasteiger partial charge in [0.15, 0.2) is 11.5 Å². The van der Waals surface area contributed by atoms with Gasteiger partial charge in [-0.05, 0) is 25.0 Å². The lowest BCUT2D eigenvalue weighted by atomic mass is 9.95. The lowest BCUT2D eigenvalue weighted by molar-refractivity contribution is 0.413. The molecule has 1 aromatic carbocycles. The van der Waals surface area contributed by atoms with Crippen LogP contribution in [0.3, 0.4) is 0 Å². The van der Waals surface area contributed by atoms with Crippen molar-refractivity contribution in [1.29, 1.82) is 0 Å². The second kappa shape index (κ2) is 7.41. The average Bonchev–Trinajstić information content (AvgIpc) is 2.85. The molecule has 20 heavy (non-hydrogen) atoms. The van der Waals surface area contributed by atoms with Gasteiger partial charge in [0.2, 0.25) is 0 Å². The van der Waals surface area contributed by atoms with Crippen LogP contribution in [0.5, 0.6) is 0 Å². The quantitative estimate of drug-likeness (QED) is 0.568. The Kier molecular flexibility index (Phi) is 5.57. The molecule has 0 saturated carbocycles. The van der Waals surface area contributed by atoms with Crippen molar-refractivity contribution in [3.05, 3.63) is 29.9 Å². The van der Waals surface area contributed by atoms with Gasteiger partial charge in [-0.2, -0.15) is 0 Å². The van der Waals surface area contributed by atoms with Gasteiger partial charge in [-0.15, -0.1) is 0 Å². The monoisotopic (exact) mass is 277 g/mol. The van der Waals surface area contributed by atoms with Gasteiger partial charge in [-0.25, -0.2) is 9.37 Å². The maximum Gasteiger partial charge on any atom is 0.198 e. The Bertz CT molecular complexity index is 535. The second-order valence-electron chi connectivity index (χ2n) is 5.50. The number of hydrogen-bond acceptors (Lipinski definition) is 2. The average molecular weight is 277 g/mol. The SMILES string of the molecule is CCCCCC(CCCC)c1nc2ccc(F)cc2o1. The summed E-state index contributed by atoms with van der Waals surface area (Å²) in [5.74, 6) is 0.892. The van der Waals surface area contributed by atoms with E-state index < -0.39 is 0 Å². The van der Waals surface area contributed by atoms with E-state index in [0.717, 1.165) is 24.2 Å². The highest BCUT2D eigenvalue weighted by molar-refractivity contribution is 5.72. The smallest absolute Gasteiger partial charge is 0.198 e. The molecule has 0 aliphatic heterocycles. The third-order valence-corrected chi connectivity index (χ3v) is 3.78. The molecule has 0 aliphatic carbocycles. The van der Waals surface area contributed by atoms with Crippen LogP contribution in [0.4, 0.5) is 4.39 Å². The summed E-state index contributed by atoms with van der Waals surface area (Å²) >= 11 is 0. The normalized spacial score (nSPS) is 12.9. The van der Waals surface area contributed by atoms with Gasteiger partial charge in [0, 0.05) is 12.0 Å². The minimum absolute atomic E-state index is 0.267. The van der Waals surface area contributed by atoms with E-state index in [1.165, 1.54) is 44.2 Å². The molecule has 0 spiro atoms. The van der Waals surface area contributed by atoms with Gasteiger partial charge in [0.05, 0.1) is 0 Å². The van der Waals surface area contributed by atoms with E-state index in [1.807, 2.05) is 0 Å². The van der Waals surface area contributed by atoms with Crippen molar-refractivity contribution in [3.8, 4) is 0 Å². The van der Waals surface area contributed by atoms with Crippen molar-refractivity contribution in [2.45, 2.75) is 64.7 Å². The zero-order valence-electron chi connectivity index (χ0n) is 12.5. The van der Waals surface area contributed by atoms with Gasteiger partial charge in [-0.3, -0.25) is 0 Å². The van der Waals surface area contributed by atoms with Gasteiger partial charge in [-0.1, -0.05) is 46.0 Å². The van der Waals surface area contributed by atoms with E-state index in [9.17, 15) is 4.39 Å². The first-order chi connectivity index (χ1) is 9.74. The first kappa shape index (κ1) is 15.0. The molecule has 1 unspecified atom stereocenters. The number of unbranched alkanes of at least 4 members (excludes halogenated alkanes) is 3. The summed E-state index contributed by atoms with van der Waals surface area (Å²) in [6.07, 6.45) is 8.26. The fourth-order valence-corrected chi connectivity index (χ4v) is 2.57. The summed E-state index contributed by atoms with van der Waals surface area (Å²) in [5, 5.41) is 0. The first-order valence-electron chi connectivity index (χ1n) is 7.80. The molecule has 0 saturated heterocycles. The number of benzene rings is 1. The van der Waals surface area contributed by atoms with Crippen molar-refractivity contribution in [2.75, 3.05) is 0 Å². The number of hydrogen-bond donors (Lipinski definition) is 0. The molecule has 0 N–H and O–H groups in total. The maximum absolute atomic E-state index is 13.2. The lowest BCUT2D eigenvalue weighted by Gasteiger charge is -2.12. The first-order valence-corrected chi connectivity index (χ1v) is 7.80. The molecule has 0 bridgehead atoms. The van der Waals surface area contributed by atoms with E-state index in [4.69, 9.17) is 4.42 Å². The summed E-state index contributed by atoms with van der Waals surface area (Å²) in [7, 11) is 0. The fraction of sp³-hybridized carbons (Fsp3) is 0.588. The standard InChI is InChI=1S/C17H24FNO/c1-3-5-7-9-13(8-6-4-2)17-19-15-11-10-14(18)12-16(15)20-17/h10-13H,3-9H2,1-2H3. The Hall–Kier alpha value is -1.38. The third kappa shape index (κ3) is 3.81. The number of halogens is 1. The molecule has 1 heterocycles. The molecule has 0 aliphatic rings. The van der Waals surface area contributed by atoms with E-state index in [0.29, 0.717) is 11.5 Å². The van der Waals surface area contributed by atoms with E-state index in [2.05, 4.69) is 18.8 Å². The molecule has 0 radical (unpaired) electrons. The number of fused-ring (bicyclic) bond motifs is 1. The molecular weight excluding hydrogens is 253 g/mol. The van der Waals surface area contributed by atoms with Gasteiger partial charge in [0.25, 0.3) is 0 Å². The van der Waals surface area contributed by atoms with Crippen LogP contribution in [0.1, 0.15) is 70.6 Å². The van der Waals surface area contributed by atoms with Crippen LogP contribution in [0.25, 0.3) is 11.1 Å². The van der Waals surface area contributed by atoms with Gasteiger partial charge in [0.1, 0.15) is 11.3 Å². The molecule has 1 aromatic heterocycles. The topological polar surface area (TPSA) is 26.0 Å². The Labute approximate surface area is 120 Å². The van der Waals surface area contributed by atoms with E-state index in [-0.39, 0.29) is 5.82 Å². The molecule has 2 aromatic rings. The Balaban J connectivity index is 2.15. The summed E-state index contributed by atoms with van der Waals surface area (Å²) in [5.41, 5.74) is 1.33. The molecule has 3 heteroatoms. The maximum atomic E-state index is 13.2. The molecule has 2 nitrogen and oxygen atoms in total. The van der Waals surface area contributed by atoms with Crippen molar-refractivity contribution in [2.24, 2.45) is 0 Å². The van der Waals surface area contributed by atoms with Crippen LogP contribution >= 0.6 is 0 Å². The summed E-state index contributed by atoms with van der Waals surface area (Å²) in [4.78, 5) is 4.55. The van der Waals surface area contributed by atoms with Crippen LogP contribution in [-0.4, -0.2) is 4.98 Å². The summed E-state index contributed by atoms with van der Waals surface area (Å²) < 4.78 is 19.0. The Morgan fingerprint density at radius 2 is 1.85 bits per heavy atom. The van der Waals surface area contributed by atoms with Crippen molar-refractivity contribution in [3.63, 3.8) is 0 Å². The third-order valence-electron chi connectivity index (χ3n) is 3.78. The molecule has 0 fully saturated rings. The van der Waals surface area contributed by atoms with Crippen LogP contribution in [0.2, 0.25) is 0 Å². The van der Waals surface area contributed by atoms with E-state index >= 15 is 0 Å². The predicted octanol–water partition coefficient (Wildman–Crippen LogP) is 5.82. The van der Waals surface area contributed by atoms with Crippen molar-refractivity contribution in [1.82, 2.24) is 4.98 Å². The minimum atomic E-state index is -0.267. The minimum Gasteiger partial charge on any atom is -0.440 e. The van der Waals surface area contributed by atoms with Crippen molar-refractivity contribution < 1.29 is 8.81 Å². The second-order valence-corrected chi connectivity index (χ2v) is 5.50. The summed E-state index contributed by atoms with van der Waals surface area (Å²) in [6.45, 7) is 4.41. The Morgan fingerprint density at radius 3 is 2.60 bits per heavy atom. The highest BCUT2D eigenvalue weighted by Gasteiger charge is 2.17. The zero-order chi connectivity index (χ0) is 14.4. The number of oxazole rings is 1. The number of rotatable bonds is 8. The number of nitrogens with zero attached hydrogens (tertiary/aromatic N) is 1. The number of aromatic nitrogens is 1. The summed E-state index contributed by atoms with van der Waals surface area (Å²) in [6, 6.07) is 4.56. The Morgan fingerprint density at radius 1 is 1.10 bits per heavy atom. The van der Waals surface area contributed by atoms with Gasteiger partial charge >= 0.3 is 0 Å². The van der Waals surface area contributed by atoms with E-state index in [1.54, 1.807) is 6.07 Å². The van der Waals surface area contributed by atoms with Crippen molar-refractivity contribution >= 4 is 11.1 Å². The molecule has 0 amide bonds. The predicted molar refractivity (Wildman–Crippen MR) is 80.4 cm³/mol. The highest BCUT2D eigenvalue weighted by atomic mass is 19.1. The van der Waals surface area contributed by atoms with Crippen LogP contribution < -0.4 is 0 Å². The van der Waals surface area contributed by atoms with Crippen LogP contribution in [0.15, 0.2) is 22.6 Å². The van der Waals surface area contributed by atoms with Gasteiger partial charge < -0.3 is 4.42 Å². The zero-order valence-corrected chi connectivity index (χ0v) is 12.5. The van der Waals surface area contributed by atoms with Crippen LogP contribution in [0, 0.1) is 5.82 Å². The molecule has 2 rings (SSSR count). The fourth-order valence-electron chi connectivity index (χ4n) is 2.57. The van der Waals surface area contributed by atoms with Crippen LogP contribution in [-0.2, 0) is 0 Å². The largest absolute Gasteiger partial charge is 0.440 e.